The smallest absolute Gasteiger partial charge is 0.341 e. The molecule has 1 aromatic carbocycles. The molecular weight excluding hydrogens is 444 g/mol. The molecule has 2 aliphatic heterocycles. The van der Waals surface area contributed by atoms with Crippen LogP contribution in [0.5, 0.6) is 0 Å². The van der Waals surface area contributed by atoms with Crippen LogP contribution in [-0.4, -0.2) is 38.0 Å². The molecule has 4 rings (SSSR count). The van der Waals surface area contributed by atoms with Crippen LogP contribution >= 0.6 is 15.9 Å². The highest BCUT2D eigenvalue weighted by molar-refractivity contribution is 9.10. The van der Waals surface area contributed by atoms with Crippen LogP contribution in [0.2, 0.25) is 0 Å². The van der Waals surface area contributed by atoms with Gasteiger partial charge in [-0.25, -0.2) is 4.79 Å². The molecule has 2 heterocycles. The first-order chi connectivity index (χ1) is 13.9. The van der Waals surface area contributed by atoms with Gasteiger partial charge in [-0.1, -0.05) is 15.9 Å². The van der Waals surface area contributed by atoms with Gasteiger partial charge in [-0.05, 0) is 24.6 Å². The summed E-state index contributed by atoms with van der Waals surface area (Å²) in [4.78, 5) is 39.5. The van der Waals surface area contributed by atoms with Gasteiger partial charge in [0.15, 0.2) is 5.78 Å². The molecular formula is C20H19BrN2O6. The SMILES string of the molecule is COCCOC(=O)C1=C(N)OC2=C(C(=O)CCC2)C12C(=O)Nc1ccc(Br)cc12. The number of Topliss-reactive ketones (excluding diaryl/α,β-unsaturated/α-hetero) is 1. The standard InChI is InChI=1S/C20H19BrN2O6/c1-27-7-8-28-18(25)16-17(22)29-14-4-2-3-13(24)15(14)20(16)11-9-10(21)5-6-12(11)23-19(20)26/h5-6,9H,2-4,7-8,22H2,1H3,(H,23,26). The Balaban J connectivity index is 1.97. The van der Waals surface area contributed by atoms with Gasteiger partial charge in [0.05, 0.1) is 12.2 Å². The van der Waals surface area contributed by atoms with Gasteiger partial charge >= 0.3 is 5.97 Å². The summed E-state index contributed by atoms with van der Waals surface area (Å²) in [6.07, 6.45) is 1.29. The molecule has 1 spiro atoms. The van der Waals surface area contributed by atoms with E-state index in [1.165, 1.54) is 7.11 Å². The summed E-state index contributed by atoms with van der Waals surface area (Å²) in [6, 6.07) is 5.18. The van der Waals surface area contributed by atoms with Gasteiger partial charge in [0.2, 0.25) is 11.8 Å². The van der Waals surface area contributed by atoms with E-state index >= 15 is 0 Å². The van der Waals surface area contributed by atoms with Gasteiger partial charge in [0, 0.05) is 35.7 Å². The number of nitrogens with two attached hydrogens (primary N) is 1. The lowest BCUT2D eigenvalue weighted by atomic mass is 9.65. The number of carbonyl (C=O) groups is 3. The van der Waals surface area contributed by atoms with Crippen LogP contribution in [-0.2, 0) is 34.0 Å². The van der Waals surface area contributed by atoms with Crippen molar-refractivity contribution in [2.45, 2.75) is 24.7 Å². The van der Waals surface area contributed by atoms with Gasteiger partial charge in [-0.15, -0.1) is 0 Å². The Labute approximate surface area is 175 Å². The van der Waals surface area contributed by atoms with Crippen LogP contribution < -0.4 is 11.1 Å². The first-order valence-corrected chi connectivity index (χ1v) is 9.93. The van der Waals surface area contributed by atoms with Crippen LogP contribution in [0, 0.1) is 0 Å². The van der Waals surface area contributed by atoms with Gasteiger partial charge < -0.3 is 25.3 Å². The largest absolute Gasteiger partial charge is 0.460 e. The van der Waals surface area contributed by atoms with Gasteiger partial charge in [-0.2, -0.15) is 0 Å². The maximum Gasteiger partial charge on any atom is 0.341 e. The molecule has 0 saturated heterocycles. The highest BCUT2D eigenvalue weighted by Crippen LogP contribution is 2.54. The van der Waals surface area contributed by atoms with Crippen LogP contribution in [0.3, 0.4) is 0 Å². The molecule has 1 aromatic rings. The van der Waals surface area contributed by atoms with Crippen molar-refractivity contribution in [2.75, 3.05) is 25.6 Å². The number of halogens is 1. The third kappa shape index (κ3) is 2.87. The van der Waals surface area contributed by atoms with E-state index in [1.807, 2.05) is 0 Å². The van der Waals surface area contributed by atoms with E-state index in [2.05, 4.69) is 21.2 Å². The third-order valence-electron chi connectivity index (χ3n) is 5.29. The molecule has 1 atom stereocenters. The number of methoxy groups -OCH3 is 1. The van der Waals surface area contributed by atoms with Crippen molar-refractivity contribution in [3.8, 4) is 0 Å². The van der Waals surface area contributed by atoms with Crippen molar-refractivity contribution >= 4 is 39.3 Å². The maximum absolute atomic E-state index is 13.4. The van der Waals surface area contributed by atoms with Crippen LogP contribution in [0.25, 0.3) is 0 Å². The Morgan fingerprint density at radius 1 is 1.31 bits per heavy atom. The van der Waals surface area contributed by atoms with Gasteiger partial charge in [0.25, 0.3) is 0 Å². The summed E-state index contributed by atoms with van der Waals surface area (Å²) in [5, 5.41) is 2.79. The lowest BCUT2D eigenvalue weighted by Crippen LogP contribution is -2.49. The number of amides is 1. The van der Waals surface area contributed by atoms with Crippen LogP contribution in [0.1, 0.15) is 24.8 Å². The number of ether oxygens (including phenoxy) is 3. The Morgan fingerprint density at radius 3 is 2.86 bits per heavy atom. The van der Waals surface area contributed by atoms with Crippen molar-refractivity contribution in [2.24, 2.45) is 5.73 Å². The number of hydrogen-bond acceptors (Lipinski definition) is 7. The number of rotatable bonds is 4. The summed E-state index contributed by atoms with van der Waals surface area (Å²) in [7, 11) is 1.47. The number of esters is 1. The fourth-order valence-corrected chi connectivity index (χ4v) is 4.50. The highest BCUT2D eigenvalue weighted by Gasteiger charge is 2.61. The first-order valence-electron chi connectivity index (χ1n) is 9.13. The lowest BCUT2D eigenvalue weighted by molar-refractivity contribution is -0.142. The summed E-state index contributed by atoms with van der Waals surface area (Å²) in [6.45, 7) is 0.142. The minimum Gasteiger partial charge on any atom is -0.460 e. The number of fused-ring (bicyclic) bond motifs is 3. The Morgan fingerprint density at radius 2 is 2.10 bits per heavy atom. The Kier molecular flexibility index (Phi) is 4.95. The van der Waals surface area contributed by atoms with Crippen LogP contribution in [0.4, 0.5) is 5.69 Å². The molecule has 0 bridgehead atoms. The van der Waals surface area contributed by atoms with Crippen molar-refractivity contribution < 1.29 is 28.6 Å². The molecule has 1 unspecified atom stereocenters. The summed E-state index contributed by atoms with van der Waals surface area (Å²) >= 11 is 3.41. The predicted octanol–water partition coefficient (Wildman–Crippen LogP) is 2.04. The normalized spacial score (nSPS) is 23.0. The molecule has 8 nitrogen and oxygen atoms in total. The highest BCUT2D eigenvalue weighted by atomic mass is 79.9. The second kappa shape index (κ2) is 7.31. The molecule has 1 aliphatic carbocycles. The number of ketones is 1. The van der Waals surface area contributed by atoms with E-state index < -0.39 is 17.3 Å². The van der Waals surface area contributed by atoms with Gasteiger partial charge in [0.1, 0.15) is 23.4 Å². The van der Waals surface area contributed by atoms with Crippen molar-refractivity contribution in [1.29, 1.82) is 0 Å². The second-order valence-electron chi connectivity index (χ2n) is 6.94. The molecule has 29 heavy (non-hydrogen) atoms. The van der Waals surface area contributed by atoms with E-state index in [9.17, 15) is 14.4 Å². The summed E-state index contributed by atoms with van der Waals surface area (Å²) in [5.74, 6) is -1.51. The number of benzene rings is 1. The Hall–Kier alpha value is -2.65. The lowest BCUT2D eigenvalue weighted by Gasteiger charge is -2.38. The van der Waals surface area contributed by atoms with E-state index in [0.717, 1.165) is 0 Å². The number of allylic oxidation sites excluding steroid dienone is 1. The van der Waals surface area contributed by atoms with Crippen molar-refractivity contribution in [3.05, 3.63) is 51.0 Å². The van der Waals surface area contributed by atoms with E-state index in [0.29, 0.717) is 34.3 Å². The number of hydrogen-bond donors (Lipinski definition) is 2. The third-order valence-corrected chi connectivity index (χ3v) is 5.79. The monoisotopic (exact) mass is 462 g/mol. The van der Waals surface area contributed by atoms with E-state index in [-0.39, 0.29) is 42.4 Å². The number of anilines is 1. The molecule has 152 valence electrons. The average molecular weight is 463 g/mol. The summed E-state index contributed by atoms with van der Waals surface area (Å²) in [5.41, 5.74) is 5.36. The molecule has 9 heteroatoms. The molecule has 0 fully saturated rings. The van der Waals surface area contributed by atoms with Crippen molar-refractivity contribution in [3.63, 3.8) is 0 Å². The van der Waals surface area contributed by atoms with Crippen molar-refractivity contribution in [1.82, 2.24) is 0 Å². The first kappa shape index (κ1) is 19.7. The molecule has 3 N–H and O–H groups in total. The zero-order chi connectivity index (χ0) is 20.8. The van der Waals surface area contributed by atoms with Gasteiger partial charge in [-0.3, -0.25) is 9.59 Å². The fraction of sp³-hybridized carbons (Fsp3) is 0.350. The van der Waals surface area contributed by atoms with Crippen LogP contribution in [0.15, 0.2) is 45.5 Å². The number of carbonyl (C=O) groups excluding carboxylic acids is 3. The Bertz CT molecular complexity index is 999. The predicted molar refractivity (Wildman–Crippen MR) is 105 cm³/mol. The molecule has 0 saturated carbocycles. The maximum atomic E-state index is 13.4. The zero-order valence-corrected chi connectivity index (χ0v) is 17.3. The molecule has 3 aliphatic rings. The molecule has 0 aromatic heterocycles. The minimum atomic E-state index is -1.71. The molecule has 1 amide bonds. The average Bonchev–Trinajstić information content (AvgIpc) is 2.94. The quantitative estimate of drug-likeness (QED) is 0.519. The topological polar surface area (TPSA) is 117 Å². The fourth-order valence-electron chi connectivity index (χ4n) is 4.14. The summed E-state index contributed by atoms with van der Waals surface area (Å²) < 4.78 is 16.6. The zero-order valence-electron chi connectivity index (χ0n) is 15.7. The minimum absolute atomic E-state index is 0.0327. The van der Waals surface area contributed by atoms with E-state index in [1.54, 1.807) is 18.2 Å². The second-order valence-corrected chi connectivity index (χ2v) is 7.85. The number of nitrogens with one attached hydrogen (secondary N) is 1. The molecule has 0 radical (unpaired) electrons. The van der Waals surface area contributed by atoms with E-state index in [4.69, 9.17) is 19.9 Å².